The number of fused-ring (bicyclic) bond motifs is 1. The predicted octanol–water partition coefficient (Wildman–Crippen LogP) is 1.36. The molecule has 0 spiro atoms. The van der Waals surface area contributed by atoms with Gasteiger partial charge < -0.3 is 15.0 Å². The van der Waals surface area contributed by atoms with Crippen LogP contribution < -0.4 is 5.32 Å². The maximum Gasteiger partial charge on any atom is 0.143 e. The molecule has 16 heavy (non-hydrogen) atoms. The topological polar surface area (TPSA) is 49.9 Å². The average molecular weight is 221 g/mol. The van der Waals surface area contributed by atoms with Crippen molar-refractivity contribution in [1.82, 2.24) is 15.3 Å². The van der Waals surface area contributed by atoms with Crippen molar-refractivity contribution in [2.75, 3.05) is 19.7 Å². The number of pyridine rings is 1. The van der Waals surface area contributed by atoms with Crippen LogP contribution in [0.25, 0.3) is 11.0 Å². The number of H-pyrrole nitrogens is 1. The quantitative estimate of drug-likeness (QED) is 0.764. The highest BCUT2D eigenvalue weighted by molar-refractivity contribution is 5.75. The fraction of sp³-hybridized carbons (Fsp3) is 0.364. The second-order valence-corrected chi connectivity index (χ2v) is 3.87. The van der Waals surface area contributed by atoms with Gasteiger partial charge in [0.05, 0.1) is 23.8 Å². The van der Waals surface area contributed by atoms with Gasteiger partial charge in [0.2, 0.25) is 0 Å². The first-order valence-corrected chi connectivity index (χ1v) is 5.29. The molecule has 4 nitrogen and oxygen atoms in total. The number of hydrogen-bond donors (Lipinski definition) is 2. The average Bonchev–Trinajstić information content (AvgIpc) is 2.73. The van der Waals surface area contributed by atoms with Gasteiger partial charge in [0.1, 0.15) is 11.9 Å². The summed E-state index contributed by atoms with van der Waals surface area (Å²) in [4.78, 5) is 7.15. The standard InChI is InChI=1S/C11H12FN3O/c12-7-3-9-8(14-5-7)4-10(15-9)11-6-13-1-2-16-11/h3-5,11,13,15H,1-2,6H2. The highest BCUT2D eigenvalue weighted by atomic mass is 19.1. The molecule has 1 aliphatic rings. The molecule has 1 fully saturated rings. The molecular formula is C11H12FN3O. The molecule has 5 heteroatoms. The first kappa shape index (κ1) is 9.74. The predicted molar refractivity (Wildman–Crippen MR) is 57.6 cm³/mol. The number of aromatic amines is 1. The number of nitrogens with one attached hydrogen (secondary N) is 2. The monoisotopic (exact) mass is 221 g/mol. The number of ether oxygens (including phenoxy) is 1. The molecule has 2 N–H and O–H groups in total. The van der Waals surface area contributed by atoms with Crippen molar-refractivity contribution in [1.29, 1.82) is 0 Å². The smallest absolute Gasteiger partial charge is 0.143 e. The third-order valence-corrected chi connectivity index (χ3v) is 2.73. The molecule has 2 aromatic heterocycles. The molecule has 2 aromatic rings. The number of halogens is 1. The molecule has 0 amide bonds. The van der Waals surface area contributed by atoms with Crippen molar-refractivity contribution >= 4 is 11.0 Å². The number of aromatic nitrogens is 2. The Morgan fingerprint density at radius 3 is 3.19 bits per heavy atom. The SMILES string of the molecule is Fc1cnc2cc(C3CNCCO3)[nH]c2c1. The Bertz CT molecular complexity index is 505. The van der Waals surface area contributed by atoms with Crippen LogP contribution >= 0.6 is 0 Å². The lowest BCUT2D eigenvalue weighted by Gasteiger charge is -2.22. The van der Waals surface area contributed by atoms with E-state index in [1.54, 1.807) is 0 Å². The van der Waals surface area contributed by atoms with Crippen molar-refractivity contribution in [2.24, 2.45) is 0 Å². The van der Waals surface area contributed by atoms with E-state index in [1.165, 1.54) is 12.3 Å². The Hall–Kier alpha value is -1.46. The van der Waals surface area contributed by atoms with Crippen LogP contribution in [0.5, 0.6) is 0 Å². The van der Waals surface area contributed by atoms with Crippen LogP contribution in [0.15, 0.2) is 18.3 Å². The number of rotatable bonds is 1. The zero-order chi connectivity index (χ0) is 11.0. The van der Waals surface area contributed by atoms with E-state index in [-0.39, 0.29) is 11.9 Å². The van der Waals surface area contributed by atoms with Crippen molar-refractivity contribution in [3.8, 4) is 0 Å². The number of nitrogens with zero attached hydrogens (tertiary/aromatic N) is 1. The van der Waals surface area contributed by atoms with Crippen LogP contribution in [0, 0.1) is 5.82 Å². The van der Waals surface area contributed by atoms with Crippen LogP contribution in [0.4, 0.5) is 4.39 Å². The molecule has 0 aliphatic carbocycles. The second-order valence-electron chi connectivity index (χ2n) is 3.87. The van der Waals surface area contributed by atoms with E-state index in [0.29, 0.717) is 12.1 Å². The lowest BCUT2D eigenvalue weighted by molar-refractivity contribution is 0.0255. The lowest BCUT2D eigenvalue weighted by atomic mass is 10.2. The Morgan fingerprint density at radius 2 is 2.38 bits per heavy atom. The third-order valence-electron chi connectivity index (χ3n) is 2.73. The summed E-state index contributed by atoms with van der Waals surface area (Å²) in [5, 5.41) is 3.25. The van der Waals surface area contributed by atoms with Gasteiger partial charge in [0.25, 0.3) is 0 Å². The van der Waals surface area contributed by atoms with Crippen molar-refractivity contribution < 1.29 is 9.13 Å². The highest BCUT2D eigenvalue weighted by Gasteiger charge is 2.17. The zero-order valence-corrected chi connectivity index (χ0v) is 8.66. The molecule has 3 heterocycles. The number of morpholine rings is 1. The molecule has 1 atom stereocenters. The molecule has 0 aromatic carbocycles. The largest absolute Gasteiger partial charge is 0.369 e. The summed E-state index contributed by atoms with van der Waals surface area (Å²) >= 11 is 0. The highest BCUT2D eigenvalue weighted by Crippen LogP contribution is 2.22. The maximum absolute atomic E-state index is 13.0. The lowest BCUT2D eigenvalue weighted by Crippen LogP contribution is -2.33. The van der Waals surface area contributed by atoms with E-state index in [1.807, 2.05) is 6.07 Å². The summed E-state index contributed by atoms with van der Waals surface area (Å²) in [6.45, 7) is 2.35. The minimum Gasteiger partial charge on any atom is -0.369 e. The van der Waals surface area contributed by atoms with Crippen molar-refractivity contribution in [2.45, 2.75) is 6.10 Å². The van der Waals surface area contributed by atoms with Crippen LogP contribution in [0.3, 0.4) is 0 Å². The van der Waals surface area contributed by atoms with Crippen molar-refractivity contribution in [3.05, 3.63) is 29.8 Å². The molecule has 1 saturated heterocycles. The molecule has 0 saturated carbocycles. The van der Waals surface area contributed by atoms with E-state index in [9.17, 15) is 4.39 Å². The molecule has 0 bridgehead atoms. The maximum atomic E-state index is 13.0. The summed E-state index contributed by atoms with van der Waals surface area (Å²) < 4.78 is 18.6. The molecule has 3 rings (SSSR count). The van der Waals surface area contributed by atoms with Crippen LogP contribution in [0.1, 0.15) is 11.8 Å². The normalized spacial score (nSPS) is 21.4. The first-order valence-electron chi connectivity index (χ1n) is 5.29. The Kier molecular flexibility index (Phi) is 2.34. The van der Waals surface area contributed by atoms with Gasteiger partial charge in [-0.25, -0.2) is 4.39 Å². The van der Waals surface area contributed by atoms with Gasteiger partial charge in [0, 0.05) is 24.8 Å². The van der Waals surface area contributed by atoms with Gasteiger partial charge in [-0.2, -0.15) is 0 Å². The number of hydrogen-bond acceptors (Lipinski definition) is 3. The second kappa shape index (κ2) is 3.84. The van der Waals surface area contributed by atoms with Gasteiger partial charge in [-0.15, -0.1) is 0 Å². The summed E-state index contributed by atoms with van der Waals surface area (Å²) in [5.74, 6) is -0.330. The molecule has 0 radical (unpaired) electrons. The Balaban J connectivity index is 1.97. The van der Waals surface area contributed by atoms with E-state index >= 15 is 0 Å². The summed E-state index contributed by atoms with van der Waals surface area (Å²) in [6, 6.07) is 3.36. The molecule has 84 valence electrons. The summed E-state index contributed by atoms with van der Waals surface area (Å²) in [7, 11) is 0. The summed E-state index contributed by atoms with van der Waals surface area (Å²) in [5.41, 5.74) is 2.43. The van der Waals surface area contributed by atoms with Gasteiger partial charge in [-0.1, -0.05) is 0 Å². The minimum atomic E-state index is -0.330. The van der Waals surface area contributed by atoms with Crippen molar-refractivity contribution in [3.63, 3.8) is 0 Å². The van der Waals surface area contributed by atoms with E-state index in [0.717, 1.165) is 24.3 Å². The van der Waals surface area contributed by atoms with Crippen LogP contribution in [-0.4, -0.2) is 29.7 Å². The third kappa shape index (κ3) is 1.68. The fourth-order valence-electron chi connectivity index (χ4n) is 1.94. The van der Waals surface area contributed by atoms with Gasteiger partial charge >= 0.3 is 0 Å². The van der Waals surface area contributed by atoms with Gasteiger partial charge in [0.15, 0.2) is 0 Å². The Labute approximate surface area is 91.8 Å². The zero-order valence-electron chi connectivity index (χ0n) is 8.66. The van der Waals surface area contributed by atoms with Crippen LogP contribution in [0.2, 0.25) is 0 Å². The molecule has 1 unspecified atom stereocenters. The van der Waals surface area contributed by atoms with Gasteiger partial charge in [-0.05, 0) is 6.07 Å². The van der Waals surface area contributed by atoms with Gasteiger partial charge in [-0.3, -0.25) is 4.98 Å². The van der Waals surface area contributed by atoms with E-state index in [2.05, 4.69) is 15.3 Å². The fourth-order valence-corrected chi connectivity index (χ4v) is 1.94. The summed E-state index contributed by atoms with van der Waals surface area (Å²) in [6.07, 6.45) is 1.23. The van der Waals surface area contributed by atoms with E-state index in [4.69, 9.17) is 4.74 Å². The molecular weight excluding hydrogens is 209 g/mol. The first-order chi connectivity index (χ1) is 7.83. The van der Waals surface area contributed by atoms with Crippen LogP contribution in [-0.2, 0) is 4.74 Å². The van der Waals surface area contributed by atoms with E-state index < -0.39 is 0 Å². The minimum absolute atomic E-state index is 0.00557. The Morgan fingerprint density at radius 1 is 1.44 bits per heavy atom. The molecule has 1 aliphatic heterocycles.